The first-order chi connectivity index (χ1) is 12.4. The molecular weight excluding hydrogens is 330 g/mol. The average Bonchev–Trinajstić information content (AvgIpc) is 3.10. The maximum Gasteiger partial charge on any atom is 0.173 e. The summed E-state index contributed by atoms with van der Waals surface area (Å²) < 4.78 is 29.6. The first kappa shape index (κ1) is 18.0. The molecule has 1 saturated heterocycles. The summed E-state index contributed by atoms with van der Waals surface area (Å²) in [7, 11) is 0. The maximum atomic E-state index is 7.84. The van der Waals surface area contributed by atoms with Crippen LogP contribution in [0, 0.1) is 5.41 Å². The Morgan fingerprint density at radius 3 is 2.28 bits per heavy atom. The summed E-state index contributed by atoms with van der Waals surface area (Å²) in [5.41, 5.74) is 1.29. The van der Waals surface area contributed by atoms with Crippen molar-refractivity contribution in [2.45, 2.75) is 6.23 Å². The SMILES string of the molecule is N=c1ncn(C2COCCOCCOCCOCCO2)c2nc[nH]c12. The van der Waals surface area contributed by atoms with Crippen LogP contribution >= 0.6 is 0 Å². The van der Waals surface area contributed by atoms with E-state index in [-0.39, 0.29) is 5.49 Å². The second kappa shape index (κ2) is 9.59. The van der Waals surface area contributed by atoms with E-state index in [1.54, 1.807) is 10.9 Å². The van der Waals surface area contributed by atoms with E-state index in [4.69, 9.17) is 29.1 Å². The molecule has 3 heterocycles. The van der Waals surface area contributed by atoms with Crippen LogP contribution in [0.2, 0.25) is 0 Å². The van der Waals surface area contributed by atoms with Crippen LogP contribution < -0.4 is 5.49 Å². The van der Waals surface area contributed by atoms with E-state index in [2.05, 4.69) is 15.0 Å². The minimum absolute atomic E-state index is 0.138. The lowest BCUT2D eigenvalue weighted by atomic mass is 10.4. The Morgan fingerprint density at radius 1 is 0.920 bits per heavy atom. The second-order valence-electron chi connectivity index (χ2n) is 5.34. The normalized spacial score (nSPS) is 22.3. The van der Waals surface area contributed by atoms with Crippen LogP contribution in [0.25, 0.3) is 11.2 Å². The maximum absolute atomic E-state index is 7.84. The fourth-order valence-electron chi connectivity index (χ4n) is 2.40. The Hall–Kier alpha value is -1.85. The Labute approximate surface area is 144 Å². The Kier molecular flexibility index (Phi) is 6.89. The van der Waals surface area contributed by atoms with E-state index in [0.717, 1.165) is 0 Å². The van der Waals surface area contributed by atoms with Crippen molar-refractivity contribution in [2.24, 2.45) is 0 Å². The quantitative estimate of drug-likeness (QED) is 0.731. The number of hydrogen-bond acceptors (Lipinski definition) is 8. The molecule has 0 spiro atoms. The molecule has 25 heavy (non-hydrogen) atoms. The zero-order valence-corrected chi connectivity index (χ0v) is 14.0. The van der Waals surface area contributed by atoms with Gasteiger partial charge in [0.1, 0.15) is 11.8 Å². The highest BCUT2D eigenvalue weighted by molar-refractivity contribution is 5.68. The van der Waals surface area contributed by atoms with Gasteiger partial charge in [0.25, 0.3) is 0 Å². The van der Waals surface area contributed by atoms with E-state index in [1.165, 1.54) is 6.33 Å². The number of rotatable bonds is 1. The predicted octanol–water partition coefficient (Wildman–Crippen LogP) is -0.166. The molecule has 138 valence electrons. The third kappa shape index (κ3) is 5.06. The molecule has 0 radical (unpaired) electrons. The minimum atomic E-state index is -0.427. The van der Waals surface area contributed by atoms with E-state index in [1.807, 2.05) is 0 Å². The van der Waals surface area contributed by atoms with Gasteiger partial charge in [-0.05, 0) is 0 Å². The third-order valence-electron chi connectivity index (χ3n) is 3.64. The molecule has 0 saturated carbocycles. The van der Waals surface area contributed by atoms with Crippen molar-refractivity contribution in [3.8, 4) is 0 Å². The number of ether oxygens (including phenoxy) is 5. The molecule has 0 bridgehead atoms. The third-order valence-corrected chi connectivity index (χ3v) is 3.64. The van der Waals surface area contributed by atoms with Crippen LogP contribution in [0.1, 0.15) is 6.23 Å². The highest BCUT2D eigenvalue weighted by atomic mass is 16.6. The lowest BCUT2D eigenvalue weighted by molar-refractivity contribution is -0.0779. The van der Waals surface area contributed by atoms with E-state index >= 15 is 0 Å². The summed E-state index contributed by atoms with van der Waals surface area (Å²) >= 11 is 0. The van der Waals surface area contributed by atoms with Crippen molar-refractivity contribution in [1.29, 1.82) is 5.41 Å². The van der Waals surface area contributed by atoms with Crippen LogP contribution in [0.5, 0.6) is 0 Å². The summed E-state index contributed by atoms with van der Waals surface area (Å²) in [5.74, 6) is 0. The van der Waals surface area contributed by atoms with Crippen LogP contribution in [0.3, 0.4) is 0 Å². The molecule has 2 aromatic heterocycles. The molecule has 1 atom stereocenters. The fraction of sp³-hybridized carbons (Fsp3) is 0.667. The van der Waals surface area contributed by atoms with E-state index in [9.17, 15) is 0 Å². The predicted molar refractivity (Wildman–Crippen MR) is 86.0 cm³/mol. The van der Waals surface area contributed by atoms with Gasteiger partial charge in [-0.1, -0.05) is 0 Å². The Balaban J connectivity index is 1.70. The number of aromatic nitrogens is 4. The lowest BCUT2D eigenvalue weighted by Crippen LogP contribution is -2.25. The molecule has 10 nitrogen and oxygen atoms in total. The summed E-state index contributed by atoms with van der Waals surface area (Å²) in [5, 5.41) is 7.84. The van der Waals surface area contributed by atoms with Gasteiger partial charge in [-0.15, -0.1) is 0 Å². The van der Waals surface area contributed by atoms with Gasteiger partial charge in [-0.3, -0.25) is 9.98 Å². The first-order valence-electron chi connectivity index (χ1n) is 8.23. The summed E-state index contributed by atoms with van der Waals surface area (Å²) in [4.78, 5) is 11.3. The molecule has 2 N–H and O–H groups in total. The average molecular weight is 353 g/mol. The fourth-order valence-corrected chi connectivity index (χ4v) is 2.40. The zero-order valence-electron chi connectivity index (χ0n) is 14.0. The summed E-state index contributed by atoms with van der Waals surface area (Å²) in [6.45, 7) is 4.20. The highest BCUT2D eigenvalue weighted by Crippen LogP contribution is 2.14. The monoisotopic (exact) mass is 353 g/mol. The number of nitrogens with zero attached hydrogens (tertiary/aromatic N) is 3. The Bertz CT molecular complexity index is 687. The van der Waals surface area contributed by atoms with Gasteiger partial charge < -0.3 is 28.7 Å². The van der Waals surface area contributed by atoms with Gasteiger partial charge in [0.2, 0.25) is 0 Å². The molecule has 3 rings (SSSR count). The topological polar surface area (TPSA) is 117 Å². The number of hydrogen-bond donors (Lipinski definition) is 2. The van der Waals surface area contributed by atoms with Crippen molar-refractivity contribution in [3.05, 3.63) is 18.1 Å². The van der Waals surface area contributed by atoms with Crippen LogP contribution in [0.15, 0.2) is 12.7 Å². The van der Waals surface area contributed by atoms with Crippen molar-refractivity contribution in [1.82, 2.24) is 19.5 Å². The van der Waals surface area contributed by atoms with Crippen LogP contribution in [-0.4, -0.2) is 79.0 Å². The van der Waals surface area contributed by atoms with Gasteiger partial charge >= 0.3 is 0 Å². The van der Waals surface area contributed by atoms with Gasteiger partial charge in [0, 0.05) is 0 Å². The molecule has 1 fully saturated rings. The second-order valence-corrected chi connectivity index (χ2v) is 5.34. The van der Waals surface area contributed by atoms with E-state index in [0.29, 0.717) is 70.6 Å². The standard InChI is InChI=1S/C15H23N5O5/c16-14-13-15(18-10-17-13)20(11-19-14)12-9-24-6-5-22-2-1-21-3-4-23-7-8-25-12/h10-12,16H,1-9H2,(H,17,18). The van der Waals surface area contributed by atoms with Gasteiger partial charge in [0.15, 0.2) is 17.4 Å². The number of imidazole rings is 1. The first-order valence-corrected chi connectivity index (χ1v) is 8.23. The van der Waals surface area contributed by atoms with Crippen molar-refractivity contribution in [2.75, 3.05) is 59.5 Å². The van der Waals surface area contributed by atoms with Crippen LogP contribution in [0.4, 0.5) is 0 Å². The van der Waals surface area contributed by atoms with Crippen LogP contribution in [-0.2, 0) is 23.7 Å². The molecule has 1 unspecified atom stereocenters. The molecule has 0 amide bonds. The van der Waals surface area contributed by atoms with Gasteiger partial charge in [-0.2, -0.15) is 0 Å². The Morgan fingerprint density at radius 2 is 1.56 bits per heavy atom. The molecule has 1 aliphatic heterocycles. The summed E-state index contributed by atoms with van der Waals surface area (Å²) in [6.07, 6.45) is 2.65. The smallest absolute Gasteiger partial charge is 0.173 e. The van der Waals surface area contributed by atoms with Gasteiger partial charge in [0.05, 0.1) is 65.8 Å². The van der Waals surface area contributed by atoms with Crippen molar-refractivity contribution < 1.29 is 23.7 Å². The van der Waals surface area contributed by atoms with Gasteiger partial charge in [-0.25, -0.2) is 9.97 Å². The lowest BCUT2D eigenvalue weighted by Gasteiger charge is -2.21. The molecule has 10 heteroatoms. The molecule has 0 aromatic carbocycles. The largest absolute Gasteiger partial charge is 0.377 e. The molecular formula is C15H23N5O5. The highest BCUT2D eigenvalue weighted by Gasteiger charge is 2.16. The minimum Gasteiger partial charge on any atom is -0.377 e. The summed E-state index contributed by atoms with van der Waals surface area (Å²) in [6, 6.07) is 0. The molecule has 1 aliphatic rings. The molecule has 0 aliphatic carbocycles. The van der Waals surface area contributed by atoms with E-state index < -0.39 is 6.23 Å². The number of nitrogens with one attached hydrogen (secondary N) is 2. The number of H-pyrrole nitrogens is 1. The van der Waals surface area contributed by atoms with Crippen molar-refractivity contribution >= 4 is 11.2 Å². The van der Waals surface area contributed by atoms with Crippen molar-refractivity contribution in [3.63, 3.8) is 0 Å². The molecule has 2 aromatic rings. The number of aromatic amines is 1. The zero-order chi connectivity index (χ0) is 17.3. The number of fused-ring (bicyclic) bond motifs is 1.